The lowest BCUT2D eigenvalue weighted by molar-refractivity contribution is -0.133. The van der Waals surface area contributed by atoms with E-state index in [1.54, 1.807) is 0 Å². The van der Waals surface area contributed by atoms with Crippen LogP contribution in [0, 0.1) is 11.3 Å². The topological polar surface area (TPSA) is 40.5 Å². The van der Waals surface area contributed by atoms with Gasteiger partial charge >= 0.3 is 0 Å². The highest BCUT2D eigenvalue weighted by molar-refractivity contribution is 8.01. The number of thioether (sulfide) groups is 1. The Hall–Kier alpha value is -1.29. The van der Waals surface area contributed by atoms with E-state index in [9.17, 15) is 10.2 Å². The van der Waals surface area contributed by atoms with Crippen molar-refractivity contribution in [3.8, 4) is 0 Å². The average Bonchev–Trinajstić information content (AvgIpc) is 3.46. The summed E-state index contributed by atoms with van der Waals surface area (Å²) in [6, 6.07) is 19.3. The molecule has 0 saturated heterocycles. The second-order valence-electron chi connectivity index (χ2n) is 9.01. The Labute approximate surface area is 166 Å². The van der Waals surface area contributed by atoms with Gasteiger partial charge in [0.25, 0.3) is 0 Å². The van der Waals surface area contributed by atoms with Gasteiger partial charge in [0.05, 0.1) is 12.2 Å². The highest BCUT2D eigenvalue weighted by Gasteiger charge is 2.61. The smallest absolute Gasteiger partial charge is 0.0861 e. The van der Waals surface area contributed by atoms with Crippen molar-refractivity contribution in [2.75, 3.05) is 0 Å². The zero-order chi connectivity index (χ0) is 18.6. The maximum atomic E-state index is 11.2. The summed E-state index contributed by atoms with van der Waals surface area (Å²) < 4.78 is 0.0788. The van der Waals surface area contributed by atoms with Crippen molar-refractivity contribution >= 4 is 11.8 Å². The Morgan fingerprint density at radius 1 is 0.926 bits per heavy atom. The second kappa shape index (κ2) is 6.37. The number of rotatable bonds is 3. The van der Waals surface area contributed by atoms with Gasteiger partial charge < -0.3 is 10.2 Å². The molecule has 2 N–H and O–H groups in total. The number of aliphatic hydroxyl groups excluding tert-OH is 2. The molecule has 0 amide bonds. The summed E-state index contributed by atoms with van der Waals surface area (Å²) in [6.07, 6.45) is 3.92. The Balaban J connectivity index is 1.49. The molecule has 2 fully saturated rings. The Bertz CT molecular complexity index is 831. The van der Waals surface area contributed by atoms with Crippen LogP contribution in [0.25, 0.3) is 0 Å². The van der Waals surface area contributed by atoms with E-state index in [1.165, 1.54) is 16.0 Å². The molecule has 2 aromatic carbocycles. The molecule has 142 valence electrons. The van der Waals surface area contributed by atoms with Gasteiger partial charge in [0, 0.05) is 21.0 Å². The predicted octanol–water partition coefficient (Wildman–Crippen LogP) is 4.79. The van der Waals surface area contributed by atoms with Gasteiger partial charge in [-0.05, 0) is 61.3 Å². The van der Waals surface area contributed by atoms with Crippen molar-refractivity contribution in [1.29, 1.82) is 0 Å². The molecule has 0 spiro atoms. The maximum absolute atomic E-state index is 11.2. The van der Waals surface area contributed by atoms with Crippen molar-refractivity contribution in [3.05, 3.63) is 65.7 Å². The number of fused-ring (bicyclic) bond motifs is 3. The molecule has 3 aliphatic carbocycles. The molecule has 3 aliphatic rings. The van der Waals surface area contributed by atoms with E-state index in [0.29, 0.717) is 5.92 Å². The van der Waals surface area contributed by atoms with Gasteiger partial charge in [-0.25, -0.2) is 0 Å². The van der Waals surface area contributed by atoms with Crippen LogP contribution in [0.4, 0.5) is 0 Å². The van der Waals surface area contributed by atoms with Crippen molar-refractivity contribution in [2.45, 2.75) is 66.8 Å². The molecule has 0 bridgehead atoms. The second-order valence-corrected chi connectivity index (χ2v) is 10.5. The molecule has 2 aromatic rings. The predicted molar refractivity (Wildman–Crippen MR) is 110 cm³/mol. The molecule has 2 nitrogen and oxygen atoms in total. The highest BCUT2D eigenvalue weighted by Crippen LogP contribution is 2.65. The number of benzene rings is 2. The largest absolute Gasteiger partial charge is 0.390 e. The van der Waals surface area contributed by atoms with E-state index < -0.39 is 12.2 Å². The van der Waals surface area contributed by atoms with Crippen molar-refractivity contribution in [3.63, 3.8) is 0 Å². The lowest BCUT2D eigenvalue weighted by Gasteiger charge is -2.54. The first-order valence-electron chi connectivity index (χ1n) is 10.2. The maximum Gasteiger partial charge on any atom is 0.0861 e. The Morgan fingerprint density at radius 3 is 2.37 bits per heavy atom. The third-order valence-electron chi connectivity index (χ3n) is 7.54. The molecule has 0 aromatic heterocycles. The van der Waals surface area contributed by atoms with Gasteiger partial charge in [0.15, 0.2) is 0 Å². The lowest BCUT2D eigenvalue weighted by Crippen LogP contribution is -2.57. The number of hydrogen-bond donors (Lipinski definition) is 2. The van der Waals surface area contributed by atoms with E-state index in [2.05, 4.69) is 55.5 Å². The minimum absolute atomic E-state index is 0.0788. The van der Waals surface area contributed by atoms with E-state index in [1.807, 2.05) is 17.8 Å². The van der Waals surface area contributed by atoms with Crippen molar-refractivity contribution in [2.24, 2.45) is 11.3 Å². The van der Waals surface area contributed by atoms with Gasteiger partial charge in [-0.15, -0.1) is 11.8 Å². The first kappa shape index (κ1) is 17.8. The van der Waals surface area contributed by atoms with Crippen LogP contribution in [0.3, 0.4) is 0 Å². The van der Waals surface area contributed by atoms with Crippen LogP contribution in [0.5, 0.6) is 0 Å². The Morgan fingerprint density at radius 2 is 1.63 bits per heavy atom. The summed E-state index contributed by atoms with van der Waals surface area (Å²) in [5.41, 5.74) is 2.61. The summed E-state index contributed by atoms with van der Waals surface area (Å²) >= 11 is 1.92. The lowest BCUT2D eigenvalue weighted by atomic mass is 9.54. The first-order chi connectivity index (χ1) is 13.0. The van der Waals surface area contributed by atoms with Crippen LogP contribution < -0.4 is 0 Å². The molecule has 3 heteroatoms. The van der Waals surface area contributed by atoms with Crippen LogP contribution in [0.2, 0.25) is 0 Å². The first-order valence-corrected chi connectivity index (χ1v) is 11.0. The molecule has 0 heterocycles. The fourth-order valence-corrected chi connectivity index (χ4v) is 7.17. The van der Waals surface area contributed by atoms with Gasteiger partial charge in [-0.3, -0.25) is 0 Å². The fraction of sp³-hybridized carbons (Fsp3) is 0.500. The number of hydrogen-bond acceptors (Lipinski definition) is 3. The minimum atomic E-state index is -0.650. The molecular weight excluding hydrogens is 352 g/mol. The monoisotopic (exact) mass is 380 g/mol. The summed E-state index contributed by atoms with van der Waals surface area (Å²) in [7, 11) is 0. The summed E-state index contributed by atoms with van der Waals surface area (Å²) in [4.78, 5) is 1.27. The van der Waals surface area contributed by atoms with Crippen LogP contribution in [0.15, 0.2) is 59.5 Å². The van der Waals surface area contributed by atoms with Crippen LogP contribution in [0.1, 0.15) is 49.7 Å². The van der Waals surface area contributed by atoms with E-state index in [4.69, 9.17) is 0 Å². The van der Waals surface area contributed by atoms with Crippen molar-refractivity contribution in [1.82, 2.24) is 0 Å². The standard InChI is InChI=1S/C24H28O2S/c1-23-12-11-16-7-5-6-10-18(16)19(23)15-20(21(25)22(23)26)24(13-14-24)27-17-8-3-2-4-9-17/h2-10,19-22,25-26H,11-15H2,1H3. The molecule has 27 heavy (non-hydrogen) atoms. The highest BCUT2D eigenvalue weighted by atomic mass is 32.2. The third kappa shape index (κ3) is 2.78. The Kier molecular flexibility index (Phi) is 4.19. The SMILES string of the molecule is CC12CCc3ccccc3C1CC(C1(Sc3ccccc3)CC1)C(O)C2O. The van der Waals surface area contributed by atoms with Gasteiger partial charge in [-0.1, -0.05) is 49.4 Å². The molecule has 5 atom stereocenters. The van der Waals surface area contributed by atoms with E-state index in [0.717, 1.165) is 32.1 Å². The minimum Gasteiger partial charge on any atom is -0.390 e. The van der Waals surface area contributed by atoms with Gasteiger partial charge in [0.1, 0.15) is 0 Å². The quantitative estimate of drug-likeness (QED) is 0.804. The van der Waals surface area contributed by atoms with Gasteiger partial charge in [0.2, 0.25) is 0 Å². The third-order valence-corrected chi connectivity index (χ3v) is 9.17. The molecule has 0 radical (unpaired) electrons. The van der Waals surface area contributed by atoms with Crippen molar-refractivity contribution < 1.29 is 10.2 Å². The average molecular weight is 381 g/mol. The van der Waals surface area contributed by atoms with Crippen LogP contribution >= 0.6 is 11.8 Å². The van der Waals surface area contributed by atoms with Gasteiger partial charge in [-0.2, -0.15) is 0 Å². The number of aryl methyl sites for hydroxylation is 1. The summed E-state index contributed by atoms with van der Waals surface area (Å²) in [6.45, 7) is 2.20. The zero-order valence-electron chi connectivity index (χ0n) is 15.8. The molecule has 5 unspecified atom stereocenters. The number of aliphatic hydroxyl groups is 2. The molecule has 2 saturated carbocycles. The molecule has 5 rings (SSSR count). The zero-order valence-corrected chi connectivity index (χ0v) is 16.7. The normalized spacial score (nSPS) is 36.6. The van der Waals surface area contributed by atoms with Crippen LogP contribution in [-0.2, 0) is 6.42 Å². The van der Waals surface area contributed by atoms with E-state index in [-0.39, 0.29) is 16.1 Å². The summed E-state index contributed by atoms with van der Waals surface area (Å²) in [5.74, 6) is 0.474. The molecular formula is C24H28O2S. The summed E-state index contributed by atoms with van der Waals surface area (Å²) in [5, 5.41) is 22.4. The molecule has 0 aliphatic heterocycles. The van der Waals surface area contributed by atoms with E-state index >= 15 is 0 Å². The fourth-order valence-electron chi connectivity index (χ4n) is 5.71. The van der Waals surface area contributed by atoms with Crippen LogP contribution in [-0.4, -0.2) is 27.2 Å².